The molecule has 0 fully saturated rings. The van der Waals surface area contributed by atoms with E-state index in [9.17, 15) is 4.79 Å². The number of allylic oxidation sites excluding steroid dienone is 2. The Morgan fingerprint density at radius 3 is 3.06 bits per heavy atom. The largest absolute Gasteiger partial charge is 0.305 e. The first-order chi connectivity index (χ1) is 8.16. The van der Waals surface area contributed by atoms with Crippen molar-refractivity contribution in [2.24, 2.45) is 5.92 Å². The summed E-state index contributed by atoms with van der Waals surface area (Å²) < 4.78 is 0.449. The molecule has 0 radical (unpaired) electrons. The molecule has 0 aromatic carbocycles. The maximum Gasteiger partial charge on any atom is 0.280 e. The van der Waals surface area contributed by atoms with E-state index >= 15 is 0 Å². The van der Waals surface area contributed by atoms with Crippen molar-refractivity contribution < 1.29 is 0 Å². The molecule has 3 N–H and O–H groups in total. The zero-order valence-electron chi connectivity index (χ0n) is 9.59. The monoisotopic (exact) mass is 298 g/mol. The quantitative estimate of drug-likeness (QED) is 0.748. The summed E-state index contributed by atoms with van der Waals surface area (Å²) in [6.45, 7) is 2.25. The van der Waals surface area contributed by atoms with Crippen LogP contribution >= 0.6 is 15.9 Å². The third-order valence-electron chi connectivity index (χ3n) is 2.83. The van der Waals surface area contributed by atoms with Crippen molar-refractivity contribution in [3.05, 3.63) is 32.8 Å². The number of halogens is 1. The Hall–Kier alpha value is -1.30. The molecule has 1 aromatic heterocycles. The van der Waals surface area contributed by atoms with Crippen molar-refractivity contribution >= 4 is 21.6 Å². The molecular weight excluding hydrogens is 284 g/mol. The lowest BCUT2D eigenvalue weighted by molar-refractivity contribution is 0.502. The molecule has 0 spiro atoms. The fourth-order valence-corrected chi connectivity index (χ4v) is 1.99. The van der Waals surface area contributed by atoms with E-state index in [0.717, 1.165) is 24.5 Å². The minimum absolute atomic E-state index is 0.247. The molecule has 1 heterocycles. The average Bonchev–Trinajstić information content (AvgIpc) is 2.33. The van der Waals surface area contributed by atoms with E-state index in [1.54, 1.807) is 6.20 Å². The number of hydrogen-bond donors (Lipinski definition) is 3. The topological polar surface area (TPSA) is 69.8 Å². The first kappa shape index (κ1) is 12.2. The Morgan fingerprint density at radius 1 is 1.53 bits per heavy atom. The minimum Gasteiger partial charge on any atom is -0.305 e. The Bertz CT molecular complexity index is 483. The summed E-state index contributed by atoms with van der Waals surface area (Å²) in [7, 11) is 0. The smallest absolute Gasteiger partial charge is 0.280 e. The third-order valence-corrected chi connectivity index (χ3v) is 3.61. The summed E-state index contributed by atoms with van der Waals surface area (Å²) in [5, 5.41) is 6.08. The molecule has 92 valence electrons. The van der Waals surface area contributed by atoms with Crippen LogP contribution in [0.3, 0.4) is 0 Å². The van der Waals surface area contributed by atoms with Gasteiger partial charge >= 0.3 is 0 Å². The van der Waals surface area contributed by atoms with Gasteiger partial charge in [-0.25, -0.2) is 5.10 Å². The van der Waals surface area contributed by atoms with E-state index in [4.69, 9.17) is 0 Å². The predicted molar refractivity (Wildman–Crippen MR) is 70.4 cm³/mol. The van der Waals surface area contributed by atoms with Gasteiger partial charge in [0.05, 0.1) is 11.9 Å². The number of nitrogens with one attached hydrogen (secondary N) is 3. The van der Waals surface area contributed by atoms with Crippen molar-refractivity contribution in [2.45, 2.75) is 26.2 Å². The standard InChI is InChI=1S/C11H15BrN4O/c1-7-2-4-8(5-3-7)14-15-9-6-13-16-11(17)10(9)12/h4,6-7,14H,2-3,5H2,1H3,(H2,15,16,17). The number of rotatable bonds is 3. The molecule has 0 aliphatic heterocycles. The highest BCUT2D eigenvalue weighted by Gasteiger charge is 2.10. The van der Waals surface area contributed by atoms with Gasteiger partial charge in [0, 0.05) is 5.70 Å². The molecule has 17 heavy (non-hydrogen) atoms. The summed E-state index contributed by atoms with van der Waals surface area (Å²) >= 11 is 3.21. The maximum atomic E-state index is 11.3. The highest BCUT2D eigenvalue weighted by atomic mass is 79.9. The zero-order valence-corrected chi connectivity index (χ0v) is 11.2. The van der Waals surface area contributed by atoms with Crippen molar-refractivity contribution in [2.75, 3.05) is 5.43 Å². The van der Waals surface area contributed by atoms with Crippen LogP contribution in [0.2, 0.25) is 0 Å². The van der Waals surface area contributed by atoms with Crippen LogP contribution in [0.4, 0.5) is 5.69 Å². The molecular formula is C11H15BrN4O. The fraction of sp³-hybridized carbons (Fsp3) is 0.455. The van der Waals surface area contributed by atoms with Crippen LogP contribution in [0.15, 0.2) is 27.2 Å². The second-order valence-corrected chi connectivity index (χ2v) is 5.08. The van der Waals surface area contributed by atoms with E-state index in [1.165, 1.54) is 6.42 Å². The first-order valence-electron chi connectivity index (χ1n) is 5.61. The van der Waals surface area contributed by atoms with Crippen LogP contribution in [0.25, 0.3) is 0 Å². The number of anilines is 1. The number of hydrogen-bond acceptors (Lipinski definition) is 4. The van der Waals surface area contributed by atoms with Gasteiger partial charge < -0.3 is 5.43 Å². The van der Waals surface area contributed by atoms with Gasteiger partial charge in [0.15, 0.2) is 0 Å². The molecule has 1 aliphatic carbocycles. The number of aromatic nitrogens is 2. The third kappa shape index (κ3) is 3.09. The highest BCUT2D eigenvalue weighted by Crippen LogP contribution is 2.21. The van der Waals surface area contributed by atoms with Gasteiger partial charge in [0.2, 0.25) is 0 Å². The lowest BCUT2D eigenvalue weighted by Gasteiger charge is -2.20. The van der Waals surface area contributed by atoms with Gasteiger partial charge in [0.1, 0.15) is 4.47 Å². The van der Waals surface area contributed by atoms with E-state index < -0.39 is 0 Å². The Balaban J connectivity index is 1.98. The number of aromatic amines is 1. The van der Waals surface area contributed by atoms with Crippen LogP contribution in [0.5, 0.6) is 0 Å². The van der Waals surface area contributed by atoms with Crippen LogP contribution in [0, 0.1) is 5.92 Å². The lowest BCUT2D eigenvalue weighted by atomic mass is 9.95. The van der Waals surface area contributed by atoms with Gasteiger partial charge in [-0.05, 0) is 41.1 Å². The molecule has 0 saturated carbocycles. The highest BCUT2D eigenvalue weighted by molar-refractivity contribution is 9.10. The molecule has 1 aromatic rings. The zero-order chi connectivity index (χ0) is 12.3. The van der Waals surface area contributed by atoms with E-state index in [0.29, 0.717) is 10.2 Å². The lowest BCUT2D eigenvalue weighted by Crippen LogP contribution is -2.25. The van der Waals surface area contributed by atoms with Crippen LogP contribution in [0.1, 0.15) is 26.2 Å². The van der Waals surface area contributed by atoms with Crippen molar-refractivity contribution in [1.29, 1.82) is 0 Å². The summed E-state index contributed by atoms with van der Waals surface area (Å²) in [4.78, 5) is 11.3. The maximum absolute atomic E-state index is 11.3. The van der Waals surface area contributed by atoms with Crippen LogP contribution < -0.4 is 16.4 Å². The summed E-state index contributed by atoms with van der Waals surface area (Å²) in [6, 6.07) is 0. The molecule has 2 rings (SSSR count). The Kier molecular flexibility index (Phi) is 3.83. The average molecular weight is 299 g/mol. The molecule has 0 amide bonds. The number of nitrogens with zero attached hydrogens (tertiary/aromatic N) is 1. The molecule has 0 bridgehead atoms. The molecule has 1 aliphatic rings. The number of hydrazine groups is 1. The second kappa shape index (κ2) is 5.35. The molecule has 1 unspecified atom stereocenters. The Morgan fingerprint density at radius 2 is 2.35 bits per heavy atom. The normalized spacial score (nSPS) is 19.6. The van der Waals surface area contributed by atoms with Crippen molar-refractivity contribution in [1.82, 2.24) is 15.6 Å². The first-order valence-corrected chi connectivity index (χ1v) is 6.40. The predicted octanol–water partition coefficient (Wildman–Crippen LogP) is 2.15. The summed E-state index contributed by atoms with van der Waals surface area (Å²) in [5.74, 6) is 0.758. The molecule has 0 saturated heterocycles. The van der Waals surface area contributed by atoms with Crippen molar-refractivity contribution in [3.8, 4) is 0 Å². The van der Waals surface area contributed by atoms with Gasteiger partial charge in [-0.15, -0.1) is 0 Å². The Labute approximate surface area is 108 Å². The van der Waals surface area contributed by atoms with Gasteiger partial charge in [-0.1, -0.05) is 13.0 Å². The SMILES string of the molecule is CC1CC=C(NNc2cn[nH]c(=O)c2Br)CC1. The van der Waals surface area contributed by atoms with Gasteiger partial charge in [-0.2, -0.15) is 5.10 Å². The van der Waals surface area contributed by atoms with E-state index in [2.05, 4.69) is 50.0 Å². The van der Waals surface area contributed by atoms with Gasteiger partial charge in [0.25, 0.3) is 5.56 Å². The summed E-state index contributed by atoms with van der Waals surface area (Å²) in [5.41, 5.74) is 7.65. The summed E-state index contributed by atoms with van der Waals surface area (Å²) in [6.07, 6.45) is 7.07. The van der Waals surface area contributed by atoms with Gasteiger partial charge in [-0.3, -0.25) is 10.2 Å². The van der Waals surface area contributed by atoms with Crippen LogP contribution in [-0.4, -0.2) is 10.2 Å². The van der Waals surface area contributed by atoms with E-state index in [1.807, 2.05) is 0 Å². The minimum atomic E-state index is -0.247. The fourth-order valence-electron chi connectivity index (χ4n) is 1.70. The second-order valence-electron chi connectivity index (χ2n) is 4.29. The molecule has 5 nitrogen and oxygen atoms in total. The molecule has 1 atom stereocenters. The van der Waals surface area contributed by atoms with Crippen molar-refractivity contribution in [3.63, 3.8) is 0 Å². The van der Waals surface area contributed by atoms with Crippen LogP contribution in [-0.2, 0) is 0 Å². The molecule has 6 heteroatoms. The van der Waals surface area contributed by atoms with E-state index in [-0.39, 0.29) is 5.56 Å². The number of H-pyrrole nitrogens is 1.